The van der Waals surface area contributed by atoms with Crippen LogP contribution in [0, 0.1) is 0 Å². The summed E-state index contributed by atoms with van der Waals surface area (Å²) in [5, 5.41) is 1.29. The molecule has 0 fully saturated rings. The smallest absolute Gasteiger partial charge is 0.213 e. The molecule has 0 aliphatic carbocycles. The first-order valence-corrected chi connectivity index (χ1v) is 9.75. The molecule has 3 aromatic rings. The summed E-state index contributed by atoms with van der Waals surface area (Å²) in [5.74, 6) is 0. The van der Waals surface area contributed by atoms with E-state index in [-0.39, 0.29) is 0 Å². The van der Waals surface area contributed by atoms with Crippen molar-refractivity contribution in [2.75, 3.05) is 6.54 Å². The molecule has 134 valence electrons. The minimum atomic E-state index is 0.979. The maximum Gasteiger partial charge on any atom is 0.213 e. The number of para-hydroxylation sites is 2. The molecule has 27 heavy (non-hydrogen) atoms. The first-order chi connectivity index (χ1) is 13.3. The van der Waals surface area contributed by atoms with Crippen LogP contribution in [0.1, 0.15) is 25.0 Å². The van der Waals surface area contributed by atoms with Crippen LogP contribution in [0.25, 0.3) is 22.6 Å². The average Bonchev–Trinajstić information content (AvgIpc) is 2.74. The number of quaternary nitrogens is 1. The van der Waals surface area contributed by atoms with E-state index in [1.807, 2.05) is 0 Å². The number of rotatable bonds is 4. The average molecular weight is 354 g/mol. The number of benzene rings is 2. The van der Waals surface area contributed by atoms with Crippen molar-refractivity contribution in [3.63, 3.8) is 0 Å². The fraction of sp³-hybridized carbons (Fsp3) is 0.160. The Hall–Kier alpha value is -2.97. The van der Waals surface area contributed by atoms with E-state index in [2.05, 4.69) is 110 Å². The fourth-order valence-corrected chi connectivity index (χ4v) is 3.82. The number of aryl methyl sites for hydroxylation is 1. The molecule has 1 N–H and O–H groups in total. The third-order valence-corrected chi connectivity index (χ3v) is 5.28. The van der Waals surface area contributed by atoms with Crippen LogP contribution >= 0.6 is 0 Å². The van der Waals surface area contributed by atoms with Gasteiger partial charge < -0.3 is 0 Å². The Bertz CT molecular complexity index is 1060. The first kappa shape index (κ1) is 17.4. The van der Waals surface area contributed by atoms with Crippen molar-refractivity contribution in [3.05, 3.63) is 96.3 Å². The lowest BCUT2D eigenvalue weighted by Gasteiger charge is -2.20. The van der Waals surface area contributed by atoms with Gasteiger partial charge >= 0.3 is 0 Å². The summed E-state index contributed by atoms with van der Waals surface area (Å²) in [6.45, 7) is 6.44. The van der Waals surface area contributed by atoms with Gasteiger partial charge in [0.05, 0.1) is 18.1 Å². The third-order valence-electron chi connectivity index (χ3n) is 5.28. The van der Waals surface area contributed by atoms with Crippen LogP contribution in [0.2, 0.25) is 0 Å². The van der Waals surface area contributed by atoms with E-state index in [9.17, 15) is 0 Å². The molecule has 2 heteroatoms. The quantitative estimate of drug-likeness (QED) is 0.668. The molecule has 0 spiro atoms. The minimum absolute atomic E-state index is 0.979. The molecule has 0 bridgehead atoms. The SMILES string of the molecule is CC[n+]1ccc(C=CC=C2C=C[NH+](CC)c3ccccc32)c2ccccc21. The Morgan fingerprint density at radius 3 is 2.63 bits per heavy atom. The number of fused-ring (bicyclic) bond motifs is 2. The van der Waals surface area contributed by atoms with Gasteiger partial charge in [0, 0.05) is 23.8 Å². The number of aromatic nitrogens is 1. The second kappa shape index (κ2) is 7.73. The highest BCUT2D eigenvalue weighted by Crippen LogP contribution is 2.25. The lowest BCUT2D eigenvalue weighted by atomic mass is 9.99. The Labute approximate surface area is 161 Å². The summed E-state index contributed by atoms with van der Waals surface area (Å²) in [5.41, 5.74) is 6.48. The molecule has 2 aromatic carbocycles. The van der Waals surface area contributed by atoms with Crippen molar-refractivity contribution >= 4 is 28.2 Å². The first-order valence-electron chi connectivity index (χ1n) is 9.75. The molecule has 0 saturated heterocycles. The molecule has 1 atom stereocenters. The van der Waals surface area contributed by atoms with Crippen LogP contribution in [0.5, 0.6) is 0 Å². The lowest BCUT2D eigenvalue weighted by Crippen LogP contribution is -3.02. The molecule has 0 amide bonds. The summed E-state index contributed by atoms with van der Waals surface area (Å²) in [4.78, 5) is 1.41. The summed E-state index contributed by atoms with van der Waals surface area (Å²) < 4.78 is 2.29. The molecule has 1 aliphatic heterocycles. The normalized spacial score (nSPS) is 17.7. The summed E-state index contributed by atoms with van der Waals surface area (Å²) in [7, 11) is 0. The van der Waals surface area contributed by atoms with Crippen LogP contribution in [-0.2, 0) is 6.54 Å². The highest BCUT2D eigenvalue weighted by atomic mass is 15.1. The van der Waals surface area contributed by atoms with E-state index >= 15 is 0 Å². The van der Waals surface area contributed by atoms with E-state index in [1.165, 1.54) is 38.2 Å². The van der Waals surface area contributed by atoms with Gasteiger partial charge in [0.2, 0.25) is 5.52 Å². The number of allylic oxidation sites excluding steroid dienone is 4. The van der Waals surface area contributed by atoms with E-state index < -0.39 is 0 Å². The lowest BCUT2D eigenvalue weighted by molar-refractivity contribution is -0.773. The van der Waals surface area contributed by atoms with Crippen LogP contribution in [0.15, 0.2) is 85.2 Å². The van der Waals surface area contributed by atoms with E-state index in [0.717, 1.165) is 13.1 Å². The third kappa shape index (κ3) is 3.36. The topological polar surface area (TPSA) is 8.32 Å². The van der Waals surface area contributed by atoms with Crippen LogP contribution in [-0.4, -0.2) is 6.54 Å². The molecular weight excluding hydrogens is 328 g/mol. The van der Waals surface area contributed by atoms with Crippen molar-refractivity contribution in [2.24, 2.45) is 0 Å². The largest absolute Gasteiger partial charge is 0.276 e. The second-order valence-corrected chi connectivity index (χ2v) is 6.81. The van der Waals surface area contributed by atoms with Gasteiger partial charge in [0.1, 0.15) is 12.2 Å². The predicted octanol–water partition coefficient (Wildman–Crippen LogP) is 4.31. The van der Waals surface area contributed by atoms with Crippen molar-refractivity contribution in [3.8, 4) is 0 Å². The number of pyridine rings is 1. The monoisotopic (exact) mass is 354 g/mol. The summed E-state index contributed by atoms with van der Waals surface area (Å²) in [6.07, 6.45) is 13.3. The predicted molar refractivity (Wildman–Crippen MR) is 114 cm³/mol. The van der Waals surface area contributed by atoms with E-state index in [1.54, 1.807) is 0 Å². The zero-order valence-electron chi connectivity index (χ0n) is 16.0. The summed E-state index contributed by atoms with van der Waals surface area (Å²) in [6, 6.07) is 19.5. The zero-order chi connectivity index (χ0) is 18.6. The van der Waals surface area contributed by atoms with Crippen molar-refractivity contribution in [2.45, 2.75) is 20.4 Å². The van der Waals surface area contributed by atoms with Crippen molar-refractivity contribution < 1.29 is 9.47 Å². The maximum atomic E-state index is 2.29. The van der Waals surface area contributed by atoms with Crippen LogP contribution in [0.3, 0.4) is 0 Å². The highest BCUT2D eigenvalue weighted by molar-refractivity contribution is 5.87. The number of hydrogen-bond acceptors (Lipinski definition) is 0. The van der Waals surface area contributed by atoms with Gasteiger partial charge in [-0.25, -0.2) is 0 Å². The molecule has 0 radical (unpaired) electrons. The number of nitrogens with one attached hydrogen (secondary N) is 1. The standard InChI is InChI=1S/C25H25N2/c1-3-26-18-16-20(22-12-5-7-14-24(22)26)10-9-11-21-17-19-27(4-2)25-15-8-6-13-23(21)25/h5-19H,3-4H2,1-2H3/q+1/p+1. The Morgan fingerprint density at radius 2 is 1.78 bits per heavy atom. The van der Waals surface area contributed by atoms with Gasteiger partial charge in [0.15, 0.2) is 6.20 Å². The molecular formula is C25H26N2+2. The van der Waals surface area contributed by atoms with Gasteiger partial charge in [-0.2, -0.15) is 4.57 Å². The zero-order valence-corrected chi connectivity index (χ0v) is 16.0. The van der Waals surface area contributed by atoms with E-state index in [0.29, 0.717) is 0 Å². The second-order valence-electron chi connectivity index (χ2n) is 6.81. The van der Waals surface area contributed by atoms with Crippen molar-refractivity contribution in [1.82, 2.24) is 0 Å². The minimum Gasteiger partial charge on any atom is -0.276 e. The number of nitrogens with zero attached hydrogens (tertiary/aromatic N) is 1. The van der Waals surface area contributed by atoms with Gasteiger partial charge in [-0.05, 0) is 43.2 Å². The molecule has 2 heterocycles. The molecule has 4 rings (SSSR count). The van der Waals surface area contributed by atoms with E-state index in [4.69, 9.17) is 0 Å². The molecule has 1 aliphatic rings. The van der Waals surface area contributed by atoms with Gasteiger partial charge in [-0.3, -0.25) is 4.90 Å². The van der Waals surface area contributed by atoms with Crippen molar-refractivity contribution in [1.29, 1.82) is 0 Å². The fourth-order valence-electron chi connectivity index (χ4n) is 3.82. The van der Waals surface area contributed by atoms with Gasteiger partial charge in [0.25, 0.3) is 0 Å². The Morgan fingerprint density at radius 1 is 0.963 bits per heavy atom. The summed E-state index contributed by atoms with van der Waals surface area (Å²) >= 11 is 0. The molecule has 1 aromatic heterocycles. The van der Waals surface area contributed by atoms with Crippen LogP contribution < -0.4 is 9.47 Å². The number of hydrogen-bond donors (Lipinski definition) is 1. The molecule has 2 nitrogen and oxygen atoms in total. The molecule has 0 saturated carbocycles. The van der Waals surface area contributed by atoms with Gasteiger partial charge in [-0.1, -0.05) is 42.5 Å². The highest BCUT2D eigenvalue weighted by Gasteiger charge is 2.18. The molecule has 1 unspecified atom stereocenters. The van der Waals surface area contributed by atoms with Gasteiger partial charge in [-0.15, -0.1) is 0 Å². The maximum absolute atomic E-state index is 2.29. The van der Waals surface area contributed by atoms with Crippen LogP contribution in [0.4, 0.5) is 5.69 Å². The Balaban J connectivity index is 1.70. The Kier molecular flexibility index (Phi) is 4.99.